The zero-order chi connectivity index (χ0) is 14.1. The highest BCUT2D eigenvalue weighted by Crippen LogP contribution is 2.34. The van der Waals surface area contributed by atoms with Gasteiger partial charge < -0.3 is 10.1 Å². The summed E-state index contributed by atoms with van der Waals surface area (Å²) in [6.07, 6.45) is 5.44. The highest BCUT2D eigenvalue weighted by atomic mass is 79.9. The Morgan fingerprint density at radius 1 is 1.45 bits per heavy atom. The Morgan fingerprint density at radius 2 is 2.30 bits per heavy atom. The number of nitrogens with zero attached hydrogens (tertiary/aromatic N) is 2. The normalized spacial score (nSPS) is 17.6. The molecule has 1 atom stereocenters. The molecular formula is C15H18BrN3O. The minimum Gasteiger partial charge on any atom is -0.495 e. The third-order valence-corrected chi connectivity index (χ3v) is 4.52. The van der Waals surface area contributed by atoms with Crippen LogP contribution in [-0.2, 0) is 13.5 Å². The van der Waals surface area contributed by atoms with Crippen molar-refractivity contribution in [1.82, 2.24) is 9.78 Å². The fourth-order valence-electron chi connectivity index (χ4n) is 2.81. The van der Waals surface area contributed by atoms with Crippen LogP contribution in [0.3, 0.4) is 0 Å². The van der Waals surface area contributed by atoms with E-state index in [9.17, 15) is 0 Å². The van der Waals surface area contributed by atoms with Crippen LogP contribution in [0, 0.1) is 0 Å². The number of benzene rings is 1. The van der Waals surface area contributed by atoms with Crippen LogP contribution in [0.25, 0.3) is 0 Å². The monoisotopic (exact) mass is 335 g/mol. The van der Waals surface area contributed by atoms with E-state index >= 15 is 0 Å². The van der Waals surface area contributed by atoms with E-state index in [0.29, 0.717) is 6.04 Å². The molecule has 0 spiro atoms. The first-order valence-corrected chi connectivity index (χ1v) is 7.59. The Hall–Kier alpha value is -1.49. The Morgan fingerprint density at radius 3 is 3.10 bits per heavy atom. The van der Waals surface area contributed by atoms with E-state index < -0.39 is 0 Å². The van der Waals surface area contributed by atoms with Crippen LogP contribution >= 0.6 is 15.9 Å². The van der Waals surface area contributed by atoms with E-state index in [0.717, 1.165) is 28.8 Å². The van der Waals surface area contributed by atoms with Gasteiger partial charge in [0.05, 0.1) is 23.8 Å². The lowest BCUT2D eigenvalue weighted by molar-refractivity contribution is 0.412. The summed E-state index contributed by atoms with van der Waals surface area (Å²) in [4.78, 5) is 0. The Bertz CT molecular complexity index is 624. The average molecular weight is 336 g/mol. The molecule has 0 radical (unpaired) electrons. The number of nitrogens with one attached hydrogen (secondary N) is 1. The summed E-state index contributed by atoms with van der Waals surface area (Å²) >= 11 is 3.48. The van der Waals surface area contributed by atoms with Crippen LogP contribution < -0.4 is 10.1 Å². The Balaban J connectivity index is 1.85. The molecule has 3 rings (SSSR count). The first-order chi connectivity index (χ1) is 9.69. The number of hydrogen-bond acceptors (Lipinski definition) is 3. The van der Waals surface area contributed by atoms with Crippen LogP contribution in [0.4, 0.5) is 5.69 Å². The van der Waals surface area contributed by atoms with Gasteiger partial charge >= 0.3 is 0 Å². The van der Waals surface area contributed by atoms with Crippen LogP contribution in [0.1, 0.15) is 30.1 Å². The minimum atomic E-state index is 0.332. The van der Waals surface area contributed by atoms with Crippen molar-refractivity contribution in [1.29, 1.82) is 0 Å². The van der Waals surface area contributed by atoms with Gasteiger partial charge in [-0.05, 0) is 47.3 Å². The number of aromatic nitrogens is 2. The zero-order valence-corrected chi connectivity index (χ0v) is 13.3. The topological polar surface area (TPSA) is 39.1 Å². The van der Waals surface area contributed by atoms with Gasteiger partial charge in [0.15, 0.2) is 0 Å². The maximum absolute atomic E-state index is 5.35. The van der Waals surface area contributed by atoms with Crippen molar-refractivity contribution >= 4 is 21.6 Å². The largest absolute Gasteiger partial charge is 0.495 e. The molecule has 1 aliphatic carbocycles. The number of halogens is 1. The summed E-state index contributed by atoms with van der Waals surface area (Å²) in [6, 6.07) is 6.43. The van der Waals surface area contributed by atoms with E-state index in [4.69, 9.17) is 4.74 Å². The number of fused-ring (bicyclic) bond motifs is 1. The maximum Gasteiger partial charge on any atom is 0.135 e. The van der Waals surface area contributed by atoms with Crippen LogP contribution in [-0.4, -0.2) is 16.9 Å². The Labute approximate surface area is 127 Å². The molecule has 1 aromatic carbocycles. The lowest BCUT2D eigenvalue weighted by Gasteiger charge is -2.25. The second-order valence-electron chi connectivity index (χ2n) is 5.11. The minimum absolute atomic E-state index is 0.332. The van der Waals surface area contributed by atoms with E-state index in [2.05, 4.69) is 32.4 Å². The van der Waals surface area contributed by atoms with Gasteiger partial charge in [0, 0.05) is 30.1 Å². The third kappa shape index (κ3) is 2.42. The molecule has 2 aromatic rings. The van der Waals surface area contributed by atoms with E-state index in [1.165, 1.54) is 17.7 Å². The van der Waals surface area contributed by atoms with Gasteiger partial charge in [0.25, 0.3) is 0 Å². The summed E-state index contributed by atoms with van der Waals surface area (Å²) in [7, 11) is 3.70. The predicted molar refractivity (Wildman–Crippen MR) is 83.2 cm³/mol. The van der Waals surface area contributed by atoms with Gasteiger partial charge in [-0.25, -0.2) is 0 Å². The van der Waals surface area contributed by atoms with Crippen LogP contribution in [0.15, 0.2) is 28.9 Å². The molecule has 1 unspecified atom stereocenters. The maximum atomic E-state index is 5.35. The molecule has 5 heteroatoms. The molecule has 106 valence electrons. The van der Waals surface area contributed by atoms with Gasteiger partial charge in [0.1, 0.15) is 5.75 Å². The van der Waals surface area contributed by atoms with E-state index in [1.54, 1.807) is 7.11 Å². The molecule has 4 nitrogen and oxygen atoms in total. The van der Waals surface area contributed by atoms with Crippen molar-refractivity contribution in [2.75, 3.05) is 12.4 Å². The zero-order valence-electron chi connectivity index (χ0n) is 11.7. The number of ether oxygens (including phenoxy) is 1. The molecule has 0 saturated carbocycles. The first-order valence-electron chi connectivity index (χ1n) is 6.80. The second-order valence-corrected chi connectivity index (χ2v) is 5.96. The summed E-state index contributed by atoms with van der Waals surface area (Å²) < 4.78 is 8.31. The van der Waals surface area contributed by atoms with Gasteiger partial charge in [0.2, 0.25) is 0 Å². The van der Waals surface area contributed by atoms with Crippen molar-refractivity contribution in [3.8, 4) is 5.75 Å². The number of hydrogen-bond donors (Lipinski definition) is 1. The molecule has 20 heavy (non-hydrogen) atoms. The van der Waals surface area contributed by atoms with Crippen LogP contribution in [0.2, 0.25) is 0 Å². The van der Waals surface area contributed by atoms with Crippen molar-refractivity contribution in [3.05, 3.63) is 40.1 Å². The number of anilines is 1. The molecule has 0 aliphatic heterocycles. The molecule has 0 bridgehead atoms. The highest BCUT2D eigenvalue weighted by Gasteiger charge is 2.23. The standard InChI is InChI=1S/C15H18BrN3O/c1-19-14-5-3-4-13(11(14)9-17-19)18-10-6-7-12(16)15(8-10)20-2/h6-9,13,18H,3-5H2,1-2H3. The SMILES string of the molecule is COc1cc(NC2CCCc3c2cnn3C)ccc1Br. The smallest absolute Gasteiger partial charge is 0.135 e. The molecule has 0 saturated heterocycles. The van der Waals surface area contributed by atoms with E-state index in [1.807, 2.05) is 30.1 Å². The highest BCUT2D eigenvalue weighted by molar-refractivity contribution is 9.10. The number of methoxy groups -OCH3 is 1. The van der Waals surface area contributed by atoms with Crippen molar-refractivity contribution in [2.45, 2.75) is 25.3 Å². The summed E-state index contributed by atoms with van der Waals surface area (Å²) in [6.45, 7) is 0. The number of aryl methyl sites for hydroxylation is 1. The van der Waals surface area contributed by atoms with Gasteiger partial charge in [-0.3, -0.25) is 4.68 Å². The van der Waals surface area contributed by atoms with Crippen LogP contribution in [0.5, 0.6) is 5.75 Å². The van der Waals surface area contributed by atoms with Crippen molar-refractivity contribution < 1.29 is 4.74 Å². The fourth-order valence-corrected chi connectivity index (χ4v) is 3.22. The van der Waals surface area contributed by atoms with Gasteiger partial charge in [-0.1, -0.05) is 0 Å². The summed E-state index contributed by atoms with van der Waals surface area (Å²) in [5, 5.41) is 7.98. The lowest BCUT2D eigenvalue weighted by Crippen LogP contribution is -2.17. The number of rotatable bonds is 3. The summed E-state index contributed by atoms with van der Waals surface area (Å²) in [5.41, 5.74) is 3.74. The Kier molecular flexibility index (Phi) is 3.70. The summed E-state index contributed by atoms with van der Waals surface area (Å²) in [5.74, 6) is 0.845. The van der Waals surface area contributed by atoms with Gasteiger partial charge in [-0.2, -0.15) is 5.10 Å². The quantitative estimate of drug-likeness (QED) is 0.929. The second kappa shape index (κ2) is 5.48. The molecule has 1 aliphatic rings. The van der Waals surface area contributed by atoms with E-state index in [-0.39, 0.29) is 0 Å². The fraction of sp³-hybridized carbons (Fsp3) is 0.400. The van der Waals surface area contributed by atoms with Crippen molar-refractivity contribution in [2.24, 2.45) is 7.05 Å². The third-order valence-electron chi connectivity index (χ3n) is 3.87. The first kappa shape index (κ1) is 13.5. The van der Waals surface area contributed by atoms with Crippen molar-refractivity contribution in [3.63, 3.8) is 0 Å². The average Bonchev–Trinajstić information content (AvgIpc) is 2.84. The molecule has 0 fully saturated rings. The molecule has 1 N–H and O–H groups in total. The molecular weight excluding hydrogens is 318 g/mol. The lowest BCUT2D eigenvalue weighted by atomic mass is 9.93. The molecule has 1 heterocycles. The molecule has 1 aromatic heterocycles. The van der Waals surface area contributed by atoms with Gasteiger partial charge in [-0.15, -0.1) is 0 Å². The predicted octanol–water partition coefficient (Wildman–Crippen LogP) is 3.68. The molecule has 0 amide bonds.